The third-order valence-corrected chi connectivity index (χ3v) is 4.56. The van der Waals surface area contributed by atoms with Gasteiger partial charge >= 0.3 is 0 Å². The molecule has 1 aliphatic heterocycles. The van der Waals surface area contributed by atoms with Crippen LogP contribution in [0.4, 0.5) is 8.78 Å². The smallest absolute Gasteiger partial charge is 0.280 e. The molecule has 0 spiro atoms. The lowest BCUT2D eigenvalue weighted by molar-refractivity contribution is 0.0789. The first-order valence-corrected chi connectivity index (χ1v) is 8.54. The van der Waals surface area contributed by atoms with Crippen molar-refractivity contribution in [3.63, 3.8) is 0 Å². The second-order valence-corrected chi connectivity index (χ2v) is 6.33. The fourth-order valence-electron chi connectivity index (χ4n) is 3.09. The molecule has 0 saturated carbocycles. The van der Waals surface area contributed by atoms with Gasteiger partial charge in [-0.1, -0.05) is 23.4 Å². The third kappa shape index (κ3) is 3.55. The van der Waals surface area contributed by atoms with Gasteiger partial charge in [0.25, 0.3) is 12.3 Å². The quantitative estimate of drug-likeness (QED) is 0.700. The maximum absolute atomic E-state index is 12.6. The number of likely N-dealkylation sites (tertiary alicyclic amines) is 1. The molecule has 1 unspecified atom stereocenters. The van der Waals surface area contributed by atoms with Gasteiger partial charge in [0.1, 0.15) is 5.69 Å². The van der Waals surface area contributed by atoms with Crippen LogP contribution in [0.1, 0.15) is 40.7 Å². The van der Waals surface area contributed by atoms with Crippen molar-refractivity contribution in [2.24, 2.45) is 0 Å². The number of pyridine rings is 1. The average molecular weight is 370 g/mol. The summed E-state index contributed by atoms with van der Waals surface area (Å²) in [5, 5.41) is 3.92. The molecular weight excluding hydrogens is 354 g/mol. The molecule has 4 rings (SSSR count). The minimum Gasteiger partial charge on any atom is -0.339 e. The Kier molecular flexibility index (Phi) is 4.62. The van der Waals surface area contributed by atoms with E-state index in [-0.39, 0.29) is 17.5 Å². The zero-order valence-corrected chi connectivity index (χ0v) is 14.3. The van der Waals surface area contributed by atoms with Gasteiger partial charge in [-0.2, -0.15) is 4.98 Å². The van der Waals surface area contributed by atoms with Gasteiger partial charge in [-0.3, -0.25) is 9.78 Å². The molecule has 1 aromatic carbocycles. The van der Waals surface area contributed by atoms with Crippen molar-refractivity contribution in [2.45, 2.75) is 18.8 Å². The van der Waals surface area contributed by atoms with Crippen LogP contribution >= 0.6 is 0 Å². The summed E-state index contributed by atoms with van der Waals surface area (Å²) in [5.41, 5.74) is 0.854. The van der Waals surface area contributed by atoms with Crippen molar-refractivity contribution in [1.82, 2.24) is 20.0 Å². The fourth-order valence-corrected chi connectivity index (χ4v) is 3.09. The first kappa shape index (κ1) is 17.3. The summed E-state index contributed by atoms with van der Waals surface area (Å²) in [5.74, 6) is 0.661. The van der Waals surface area contributed by atoms with E-state index in [1.54, 1.807) is 17.0 Å². The first-order chi connectivity index (χ1) is 13.1. The van der Waals surface area contributed by atoms with Gasteiger partial charge < -0.3 is 9.42 Å². The molecule has 27 heavy (non-hydrogen) atoms. The first-order valence-electron chi connectivity index (χ1n) is 8.54. The van der Waals surface area contributed by atoms with Gasteiger partial charge in [0.05, 0.1) is 5.92 Å². The number of amides is 1. The molecule has 6 nitrogen and oxygen atoms in total. The number of aromatic nitrogens is 3. The number of nitrogens with zero attached hydrogens (tertiary/aromatic N) is 4. The second kappa shape index (κ2) is 7.22. The predicted molar refractivity (Wildman–Crippen MR) is 92.2 cm³/mol. The van der Waals surface area contributed by atoms with Crippen LogP contribution in [0.3, 0.4) is 0 Å². The summed E-state index contributed by atoms with van der Waals surface area (Å²) in [6, 6.07) is 11.8. The SMILES string of the molecule is O=C(c1ccccc1)N1CCC(c2nc(-c3ccc(C(F)F)nc3)no2)C1. The van der Waals surface area contributed by atoms with Crippen LogP contribution in [0.5, 0.6) is 0 Å². The highest BCUT2D eigenvalue weighted by molar-refractivity contribution is 5.94. The molecule has 1 atom stereocenters. The Labute approximate surface area is 153 Å². The highest BCUT2D eigenvalue weighted by atomic mass is 19.3. The zero-order valence-electron chi connectivity index (χ0n) is 14.3. The molecule has 1 saturated heterocycles. The topological polar surface area (TPSA) is 72.1 Å². The van der Waals surface area contributed by atoms with Crippen LogP contribution in [0, 0.1) is 0 Å². The molecule has 0 bridgehead atoms. The van der Waals surface area contributed by atoms with Gasteiger partial charge in [0, 0.05) is 30.4 Å². The van der Waals surface area contributed by atoms with Crippen LogP contribution < -0.4 is 0 Å². The molecule has 3 heterocycles. The van der Waals surface area contributed by atoms with Crippen molar-refractivity contribution >= 4 is 5.91 Å². The number of rotatable bonds is 4. The molecule has 0 radical (unpaired) electrons. The van der Waals surface area contributed by atoms with E-state index in [1.165, 1.54) is 18.3 Å². The molecule has 2 aromatic heterocycles. The lowest BCUT2D eigenvalue weighted by Gasteiger charge is -2.15. The molecule has 138 valence electrons. The van der Waals surface area contributed by atoms with E-state index in [4.69, 9.17) is 4.52 Å². The molecule has 0 N–H and O–H groups in total. The molecule has 0 aliphatic carbocycles. The van der Waals surface area contributed by atoms with Crippen molar-refractivity contribution in [3.05, 3.63) is 65.8 Å². The predicted octanol–water partition coefficient (Wildman–Crippen LogP) is 3.70. The Hall–Kier alpha value is -3.16. The van der Waals surface area contributed by atoms with Gasteiger partial charge in [-0.15, -0.1) is 0 Å². The summed E-state index contributed by atoms with van der Waals surface area (Å²) in [6.45, 7) is 1.11. The number of halogens is 2. The zero-order chi connectivity index (χ0) is 18.8. The van der Waals surface area contributed by atoms with Gasteiger partial charge in [0.15, 0.2) is 0 Å². The van der Waals surface area contributed by atoms with E-state index >= 15 is 0 Å². The van der Waals surface area contributed by atoms with Gasteiger partial charge in [-0.05, 0) is 30.7 Å². The van der Waals surface area contributed by atoms with E-state index < -0.39 is 6.43 Å². The van der Waals surface area contributed by atoms with Gasteiger partial charge in [-0.25, -0.2) is 8.78 Å². The number of hydrogen-bond acceptors (Lipinski definition) is 5. The Bertz CT molecular complexity index is 928. The monoisotopic (exact) mass is 370 g/mol. The lowest BCUT2D eigenvalue weighted by Crippen LogP contribution is -2.28. The van der Waals surface area contributed by atoms with Crippen LogP contribution in [-0.4, -0.2) is 39.0 Å². The molecule has 1 fully saturated rings. The fraction of sp³-hybridized carbons (Fsp3) is 0.263. The Balaban J connectivity index is 1.45. The van der Waals surface area contributed by atoms with E-state index in [0.29, 0.717) is 35.9 Å². The van der Waals surface area contributed by atoms with Crippen LogP contribution in [0.2, 0.25) is 0 Å². The summed E-state index contributed by atoms with van der Waals surface area (Å²) < 4.78 is 30.5. The van der Waals surface area contributed by atoms with Crippen molar-refractivity contribution in [2.75, 3.05) is 13.1 Å². The molecule has 8 heteroatoms. The van der Waals surface area contributed by atoms with Crippen molar-refractivity contribution in [3.8, 4) is 11.4 Å². The van der Waals surface area contributed by atoms with E-state index in [1.807, 2.05) is 18.2 Å². The number of carbonyl (C=O) groups is 1. The largest absolute Gasteiger partial charge is 0.339 e. The maximum Gasteiger partial charge on any atom is 0.280 e. The highest BCUT2D eigenvalue weighted by Gasteiger charge is 2.31. The Morgan fingerprint density at radius 2 is 2.00 bits per heavy atom. The lowest BCUT2D eigenvalue weighted by atomic mass is 10.1. The van der Waals surface area contributed by atoms with Crippen LogP contribution in [0.25, 0.3) is 11.4 Å². The average Bonchev–Trinajstić information content (AvgIpc) is 3.38. The Morgan fingerprint density at radius 3 is 2.70 bits per heavy atom. The number of carbonyl (C=O) groups excluding carboxylic acids is 1. The molecule has 1 amide bonds. The summed E-state index contributed by atoms with van der Waals surface area (Å²) in [4.78, 5) is 22.4. The molecule has 3 aromatic rings. The van der Waals surface area contributed by atoms with E-state index in [0.717, 1.165) is 6.42 Å². The second-order valence-electron chi connectivity index (χ2n) is 6.33. The third-order valence-electron chi connectivity index (χ3n) is 4.56. The number of benzene rings is 1. The number of hydrogen-bond donors (Lipinski definition) is 0. The van der Waals surface area contributed by atoms with Crippen LogP contribution in [-0.2, 0) is 0 Å². The Morgan fingerprint density at radius 1 is 1.19 bits per heavy atom. The van der Waals surface area contributed by atoms with Crippen molar-refractivity contribution < 1.29 is 18.1 Å². The van der Waals surface area contributed by atoms with Gasteiger partial charge in [0.2, 0.25) is 11.7 Å². The summed E-state index contributed by atoms with van der Waals surface area (Å²) >= 11 is 0. The van der Waals surface area contributed by atoms with E-state index in [9.17, 15) is 13.6 Å². The molecule has 1 aliphatic rings. The van der Waals surface area contributed by atoms with Crippen LogP contribution in [0.15, 0.2) is 53.2 Å². The standard InChI is InChI=1S/C19H16F2N4O2/c20-16(21)15-7-6-13(10-22-15)17-23-18(27-24-17)14-8-9-25(11-14)19(26)12-4-2-1-3-5-12/h1-7,10,14,16H,8-9,11H2. The summed E-state index contributed by atoms with van der Waals surface area (Å²) in [6.07, 6.45) is -0.592. The molecular formula is C19H16F2N4O2. The minimum atomic E-state index is -2.62. The normalized spacial score (nSPS) is 16.9. The van der Waals surface area contributed by atoms with E-state index in [2.05, 4.69) is 15.1 Å². The number of alkyl halides is 2. The summed E-state index contributed by atoms with van der Waals surface area (Å²) in [7, 11) is 0. The minimum absolute atomic E-state index is 0.0235. The highest BCUT2D eigenvalue weighted by Crippen LogP contribution is 2.29. The maximum atomic E-state index is 12.6. The van der Waals surface area contributed by atoms with Crippen molar-refractivity contribution in [1.29, 1.82) is 0 Å².